The summed E-state index contributed by atoms with van der Waals surface area (Å²) in [6, 6.07) is 8.65. The number of nitrogens with one attached hydrogen (secondary N) is 3. The van der Waals surface area contributed by atoms with Crippen molar-refractivity contribution in [3.63, 3.8) is 0 Å². The van der Waals surface area contributed by atoms with Crippen LogP contribution in [0.1, 0.15) is 35.9 Å². The molecule has 2 amide bonds. The highest BCUT2D eigenvalue weighted by atomic mass is 32.1. The van der Waals surface area contributed by atoms with E-state index in [9.17, 15) is 9.59 Å². The first-order chi connectivity index (χ1) is 12.1. The van der Waals surface area contributed by atoms with Crippen LogP contribution in [0.15, 0.2) is 30.5 Å². The number of carbonyl (C=O) groups is 2. The first-order valence-corrected chi connectivity index (χ1v) is 9.31. The second-order valence-corrected chi connectivity index (χ2v) is 7.65. The van der Waals surface area contributed by atoms with Gasteiger partial charge in [-0.15, -0.1) is 11.3 Å². The van der Waals surface area contributed by atoms with E-state index >= 15 is 0 Å². The number of hydrogen-bond acceptors (Lipinski definition) is 5. The Morgan fingerprint density at radius 2 is 2.12 bits per heavy atom. The maximum Gasteiger partial charge on any atom is 0.263 e. The highest BCUT2D eigenvalue weighted by Gasteiger charge is 2.39. The molecule has 6 nitrogen and oxygen atoms in total. The summed E-state index contributed by atoms with van der Waals surface area (Å²) in [5.41, 5.74) is 1.52. The van der Waals surface area contributed by atoms with Crippen LogP contribution in [0.2, 0.25) is 0 Å². The summed E-state index contributed by atoms with van der Waals surface area (Å²) in [5.74, 6) is -0.203. The summed E-state index contributed by atoms with van der Waals surface area (Å²) in [6.07, 6.45) is 4.96. The molecule has 2 fully saturated rings. The maximum atomic E-state index is 12.5. The fourth-order valence-corrected chi connectivity index (χ4v) is 4.55. The molecule has 3 N–H and O–H groups in total. The summed E-state index contributed by atoms with van der Waals surface area (Å²) in [6.45, 7) is 1.47. The van der Waals surface area contributed by atoms with E-state index in [0.717, 1.165) is 23.4 Å². The molecule has 3 atom stereocenters. The monoisotopic (exact) mass is 356 g/mol. The summed E-state index contributed by atoms with van der Waals surface area (Å²) in [4.78, 5) is 28.9. The first kappa shape index (κ1) is 16.2. The van der Waals surface area contributed by atoms with Crippen molar-refractivity contribution in [1.82, 2.24) is 15.6 Å². The molecule has 3 heterocycles. The Balaban J connectivity index is 1.50. The molecular formula is C18H20N4O2S. The van der Waals surface area contributed by atoms with Gasteiger partial charge in [0.2, 0.25) is 5.91 Å². The van der Waals surface area contributed by atoms with Crippen LogP contribution in [0.25, 0.3) is 10.6 Å². The van der Waals surface area contributed by atoms with Crippen LogP contribution in [0.3, 0.4) is 0 Å². The van der Waals surface area contributed by atoms with Crippen molar-refractivity contribution in [3.8, 4) is 10.6 Å². The molecule has 1 aromatic carbocycles. The van der Waals surface area contributed by atoms with Crippen LogP contribution < -0.4 is 16.0 Å². The minimum absolute atomic E-state index is 0.0693. The number of nitrogens with zero attached hydrogens (tertiary/aromatic N) is 1. The van der Waals surface area contributed by atoms with Crippen molar-refractivity contribution in [3.05, 3.63) is 35.3 Å². The fraction of sp³-hybridized carbons (Fsp3) is 0.389. The van der Waals surface area contributed by atoms with E-state index in [0.29, 0.717) is 22.6 Å². The second-order valence-electron chi connectivity index (χ2n) is 6.62. The Morgan fingerprint density at radius 1 is 1.28 bits per heavy atom. The Bertz CT molecular complexity index is 819. The van der Waals surface area contributed by atoms with Crippen LogP contribution in [-0.4, -0.2) is 34.9 Å². The van der Waals surface area contributed by atoms with Gasteiger partial charge < -0.3 is 16.0 Å². The largest absolute Gasteiger partial charge is 0.347 e. The topological polar surface area (TPSA) is 83.1 Å². The molecule has 4 rings (SSSR count). The zero-order chi connectivity index (χ0) is 17.4. The molecule has 0 unspecified atom stereocenters. The molecule has 2 aliphatic rings. The zero-order valence-electron chi connectivity index (χ0n) is 13.9. The van der Waals surface area contributed by atoms with Gasteiger partial charge in [0.05, 0.1) is 11.9 Å². The highest BCUT2D eigenvalue weighted by Crippen LogP contribution is 2.32. The second kappa shape index (κ2) is 6.57. The van der Waals surface area contributed by atoms with Crippen LogP contribution in [-0.2, 0) is 4.79 Å². The molecule has 1 aromatic heterocycles. The minimum atomic E-state index is -0.134. The quantitative estimate of drug-likeness (QED) is 0.785. The van der Waals surface area contributed by atoms with E-state index in [1.54, 1.807) is 6.20 Å². The number of para-hydroxylation sites is 1. The van der Waals surface area contributed by atoms with Gasteiger partial charge in [-0.3, -0.25) is 9.59 Å². The van der Waals surface area contributed by atoms with Gasteiger partial charge in [-0.25, -0.2) is 4.98 Å². The predicted octanol–water partition coefficient (Wildman–Crippen LogP) is 2.39. The zero-order valence-corrected chi connectivity index (χ0v) is 14.7. The smallest absolute Gasteiger partial charge is 0.263 e. The molecule has 0 radical (unpaired) electrons. The van der Waals surface area contributed by atoms with Crippen LogP contribution in [0, 0.1) is 0 Å². The van der Waals surface area contributed by atoms with E-state index in [2.05, 4.69) is 20.9 Å². The van der Waals surface area contributed by atoms with Crippen molar-refractivity contribution < 1.29 is 9.59 Å². The van der Waals surface area contributed by atoms with Gasteiger partial charge >= 0.3 is 0 Å². The lowest BCUT2D eigenvalue weighted by Crippen LogP contribution is -2.42. The lowest BCUT2D eigenvalue weighted by Gasteiger charge is -2.20. The van der Waals surface area contributed by atoms with Crippen molar-refractivity contribution in [2.75, 3.05) is 5.32 Å². The number of fused-ring (bicyclic) bond motifs is 2. The Labute approximate surface area is 150 Å². The number of carbonyl (C=O) groups excluding carboxylic acids is 2. The predicted molar refractivity (Wildman–Crippen MR) is 97.7 cm³/mol. The highest BCUT2D eigenvalue weighted by molar-refractivity contribution is 7.17. The van der Waals surface area contributed by atoms with E-state index in [1.165, 1.54) is 24.7 Å². The van der Waals surface area contributed by atoms with Crippen molar-refractivity contribution >= 4 is 28.8 Å². The van der Waals surface area contributed by atoms with Crippen LogP contribution in [0.4, 0.5) is 5.69 Å². The van der Waals surface area contributed by atoms with Gasteiger partial charge in [0.15, 0.2) is 0 Å². The molecule has 0 spiro atoms. The Morgan fingerprint density at radius 3 is 2.84 bits per heavy atom. The Hall–Kier alpha value is -2.25. The molecule has 0 aliphatic carbocycles. The molecule has 2 aliphatic heterocycles. The number of aromatic nitrogens is 1. The van der Waals surface area contributed by atoms with E-state index < -0.39 is 0 Å². The Kier molecular flexibility index (Phi) is 4.27. The van der Waals surface area contributed by atoms with E-state index in [4.69, 9.17) is 0 Å². The minimum Gasteiger partial charge on any atom is -0.347 e. The van der Waals surface area contributed by atoms with Gasteiger partial charge in [0, 0.05) is 30.6 Å². The SMILES string of the molecule is CC(=O)Nc1ccccc1-c1ncc(C(=O)N[C@@H]2C[C@H]3CC[C@@H]2N3)s1. The van der Waals surface area contributed by atoms with Crippen molar-refractivity contribution in [2.24, 2.45) is 0 Å². The molecule has 2 bridgehead atoms. The van der Waals surface area contributed by atoms with Gasteiger partial charge in [0.25, 0.3) is 5.91 Å². The molecule has 2 aromatic rings. The van der Waals surface area contributed by atoms with E-state index in [1.807, 2.05) is 24.3 Å². The fourth-order valence-electron chi connectivity index (χ4n) is 3.70. The summed E-state index contributed by atoms with van der Waals surface area (Å²) >= 11 is 1.34. The van der Waals surface area contributed by atoms with E-state index in [-0.39, 0.29) is 17.9 Å². The third-order valence-electron chi connectivity index (χ3n) is 4.81. The molecule has 7 heteroatoms. The average Bonchev–Trinajstić information content (AvgIpc) is 3.31. The summed E-state index contributed by atoms with van der Waals surface area (Å²) in [7, 11) is 0. The molecule has 2 saturated heterocycles. The number of benzene rings is 1. The summed E-state index contributed by atoms with van der Waals surface area (Å²) < 4.78 is 0. The number of rotatable bonds is 4. The molecule has 25 heavy (non-hydrogen) atoms. The standard InChI is InChI=1S/C18H20N4O2S/c1-10(23)20-13-5-3-2-4-12(13)18-19-9-16(25-18)17(24)22-15-8-11-6-7-14(15)21-11/h2-5,9,11,14-15,21H,6-8H2,1H3,(H,20,23)(H,22,24)/t11-,14+,15-/m1/s1. The molecular weight excluding hydrogens is 336 g/mol. The van der Waals surface area contributed by atoms with Crippen LogP contribution >= 0.6 is 11.3 Å². The van der Waals surface area contributed by atoms with Gasteiger partial charge in [-0.05, 0) is 31.4 Å². The lowest BCUT2D eigenvalue weighted by molar-refractivity contribution is -0.114. The van der Waals surface area contributed by atoms with Gasteiger partial charge in [-0.2, -0.15) is 0 Å². The maximum absolute atomic E-state index is 12.5. The normalized spacial score (nSPS) is 24.3. The van der Waals surface area contributed by atoms with Gasteiger partial charge in [-0.1, -0.05) is 12.1 Å². The third kappa shape index (κ3) is 3.29. The first-order valence-electron chi connectivity index (χ1n) is 8.50. The van der Waals surface area contributed by atoms with Crippen LogP contribution in [0.5, 0.6) is 0 Å². The number of amides is 2. The van der Waals surface area contributed by atoms with Crippen molar-refractivity contribution in [1.29, 1.82) is 0 Å². The number of hydrogen-bond donors (Lipinski definition) is 3. The third-order valence-corrected chi connectivity index (χ3v) is 5.84. The molecule has 0 saturated carbocycles. The van der Waals surface area contributed by atoms with Gasteiger partial charge in [0.1, 0.15) is 9.88 Å². The lowest BCUT2D eigenvalue weighted by atomic mass is 9.95. The number of thiazole rings is 1. The average molecular weight is 356 g/mol. The summed E-state index contributed by atoms with van der Waals surface area (Å²) in [5, 5.41) is 10.2. The molecule has 130 valence electrons. The number of anilines is 1. The van der Waals surface area contributed by atoms with Crippen molar-refractivity contribution in [2.45, 2.75) is 44.3 Å².